The molecule has 4 aliphatic rings. The molecular formula is C24H23ClN8. The van der Waals surface area contributed by atoms with Crippen molar-refractivity contribution in [1.82, 2.24) is 24.6 Å². The highest BCUT2D eigenvalue weighted by Crippen LogP contribution is 2.44. The van der Waals surface area contributed by atoms with Crippen LogP contribution in [0.2, 0.25) is 5.02 Å². The van der Waals surface area contributed by atoms with Crippen LogP contribution in [-0.4, -0.2) is 56.9 Å². The van der Waals surface area contributed by atoms with Gasteiger partial charge in [0.2, 0.25) is 11.8 Å². The van der Waals surface area contributed by atoms with E-state index in [9.17, 15) is 0 Å². The van der Waals surface area contributed by atoms with Gasteiger partial charge in [0.05, 0.1) is 12.2 Å². The van der Waals surface area contributed by atoms with Crippen LogP contribution in [0.1, 0.15) is 24.2 Å². The fourth-order valence-corrected chi connectivity index (χ4v) is 5.79. The van der Waals surface area contributed by atoms with Crippen molar-refractivity contribution in [3.63, 3.8) is 0 Å². The molecular weight excluding hydrogens is 436 g/mol. The van der Waals surface area contributed by atoms with Gasteiger partial charge in [0.25, 0.3) is 5.82 Å². The minimum Gasteiger partial charge on any atom is -0.361 e. The molecule has 0 atom stereocenters. The molecule has 1 saturated carbocycles. The van der Waals surface area contributed by atoms with Gasteiger partial charge in [0.1, 0.15) is 0 Å². The molecule has 0 amide bonds. The Bertz CT molecular complexity index is 1290. The van der Waals surface area contributed by atoms with E-state index in [1.807, 2.05) is 18.2 Å². The number of anilines is 2. The molecule has 0 unspecified atom stereocenters. The molecule has 3 fully saturated rings. The molecule has 0 N–H and O–H groups in total. The molecule has 0 bridgehead atoms. The van der Waals surface area contributed by atoms with E-state index in [2.05, 4.69) is 51.4 Å². The lowest BCUT2D eigenvalue weighted by molar-refractivity contribution is 0.153. The van der Waals surface area contributed by atoms with Crippen LogP contribution in [-0.2, 0) is 13.1 Å². The molecule has 33 heavy (non-hydrogen) atoms. The SMILES string of the molecule is [C-]#[N+]c1cccc(N2CC3(C2)CN(c2nnc4n2-c2ccc(Cl)cc2CN(C2CC2)C4)C3)n1. The average molecular weight is 459 g/mol. The minimum absolute atomic E-state index is 0.260. The zero-order valence-electron chi connectivity index (χ0n) is 18.2. The lowest BCUT2D eigenvalue weighted by Crippen LogP contribution is -2.73. The predicted octanol–water partition coefficient (Wildman–Crippen LogP) is 3.67. The van der Waals surface area contributed by atoms with Crippen LogP contribution in [0.25, 0.3) is 10.5 Å². The van der Waals surface area contributed by atoms with E-state index in [4.69, 9.17) is 18.2 Å². The Kier molecular flexibility index (Phi) is 4.06. The standard InChI is InChI=1S/C24H23ClN8/c1-26-20-3-2-4-21(27-20)31-12-24(13-31)14-32(15-24)23-29-28-22-11-30(18-6-7-18)10-16-9-17(25)5-8-19(16)33(22)23/h2-5,8-9,18H,6-7,10-15H2. The van der Waals surface area contributed by atoms with Crippen molar-refractivity contribution >= 4 is 29.2 Å². The Morgan fingerprint density at radius 3 is 2.61 bits per heavy atom. The van der Waals surface area contributed by atoms with E-state index in [1.165, 1.54) is 18.4 Å². The number of rotatable bonds is 3. The van der Waals surface area contributed by atoms with Gasteiger partial charge in [-0.15, -0.1) is 15.2 Å². The van der Waals surface area contributed by atoms with Gasteiger partial charge in [0, 0.05) is 55.3 Å². The Hall–Kier alpha value is -3.15. The number of fused-ring (bicyclic) bond motifs is 3. The molecule has 0 radical (unpaired) electrons. The van der Waals surface area contributed by atoms with Crippen molar-refractivity contribution in [2.75, 3.05) is 36.0 Å². The first kappa shape index (κ1) is 19.3. The Morgan fingerprint density at radius 1 is 1.00 bits per heavy atom. The van der Waals surface area contributed by atoms with Crippen LogP contribution >= 0.6 is 11.6 Å². The zero-order chi connectivity index (χ0) is 22.2. The van der Waals surface area contributed by atoms with E-state index in [-0.39, 0.29) is 5.41 Å². The van der Waals surface area contributed by atoms with Crippen LogP contribution in [0.5, 0.6) is 0 Å². The van der Waals surface area contributed by atoms with Gasteiger partial charge in [0.15, 0.2) is 5.82 Å². The third-order valence-electron chi connectivity index (χ3n) is 7.32. The molecule has 2 saturated heterocycles. The van der Waals surface area contributed by atoms with Crippen molar-refractivity contribution in [2.45, 2.75) is 32.0 Å². The molecule has 2 aromatic heterocycles. The van der Waals surface area contributed by atoms with Gasteiger partial charge in [-0.1, -0.05) is 24.2 Å². The summed E-state index contributed by atoms with van der Waals surface area (Å²) in [6.07, 6.45) is 2.52. The Balaban J connectivity index is 1.13. The first-order valence-electron chi connectivity index (χ1n) is 11.4. The summed E-state index contributed by atoms with van der Waals surface area (Å²) in [5.74, 6) is 3.29. The maximum atomic E-state index is 7.19. The molecule has 1 aliphatic carbocycles. The second-order valence-corrected chi connectivity index (χ2v) is 10.3. The summed E-state index contributed by atoms with van der Waals surface area (Å²) in [6.45, 7) is 12.7. The molecule has 3 aromatic rings. The molecule has 1 spiro atoms. The second-order valence-electron chi connectivity index (χ2n) is 9.84. The largest absolute Gasteiger partial charge is 0.361 e. The summed E-state index contributed by atoms with van der Waals surface area (Å²) in [6, 6.07) is 12.5. The number of pyridine rings is 1. The number of aromatic nitrogens is 4. The Labute approximate surface area is 197 Å². The fourth-order valence-electron chi connectivity index (χ4n) is 5.60. The number of nitrogens with zero attached hydrogens (tertiary/aromatic N) is 8. The lowest BCUT2D eigenvalue weighted by Gasteiger charge is -2.60. The highest BCUT2D eigenvalue weighted by atomic mass is 35.5. The average Bonchev–Trinajstić information content (AvgIpc) is 3.55. The molecule has 166 valence electrons. The Morgan fingerprint density at radius 2 is 1.82 bits per heavy atom. The van der Waals surface area contributed by atoms with Crippen LogP contribution in [0.4, 0.5) is 17.6 Å². The summed E-state index contributed by atoms with van der Waals surface area (Å²) in [4.78, 5) is 15.0. The van der Waals surface area contributed by atoms with Crippen LogP contribution in [0, 0.1) is 12.0 Å². The van der Waals surface area contributed by atoms with Gasteiger partial charge < -0.3 is 14.6 Å². The molecule has 8 nitrogen and oxygen atoms in total. The zero-order valence-corrected chi connectivity index (χ0v) is 18.9. The van der Waals surface area contributed by atoms with E-state index >= 15 is 0 Å². The van der Waals surface area contributed by atoms with Gasteiger partial charge in [-0.3, -0.25) is 9.47 Å². The number of hydrogen-bond donors (Lipinski definition) is 0. The molecule has 5 heterocycles. The van der Waals surface area contributed by atoms with E-state index in [0.717, 1.165) is 67.6 Å². The topological polar surface area (TPSA) is 57.7 Å². The number of halogens is 1. The van der Waals surface area contributed by atoms with Crippen molar-refractivity contribution in [2.24, 2.45) is 5.41 Å². The molecule has 3 aliphatic heterocycles. The van der Waals surface area contributed by atoms with Gasteiger partial charge >= 0.3 is 0 Å². The van der Waals surface area contributed by atoms with Crippen LogP contribution < -0.4 is 9.80 Å². The second kappa shape index (κ2) is 6.92. The normalized spacial score (nSPS) is 21.0. The quantitative estimate of drug-likeness (QED) is 0.558. The predicted molar refractivity (Wildman–Crippen MR) is 126 cm³/mol. The highest BCUT2D eigenvalue weighted by molar-refractivity contribution is 6.30. The summed E-state index contributed by atoms with van der Waals surface area (Å²) in [5, 5.41) is 10.0. The summed E-state index contributed by atoms with van der Waals surface area (Å²) in [5.41, 5.74) is 2.65. The van der Waals surface area contributed by atoms with Crippen LogP contribution in [0.15, 0.2) is 36.4 Å². The van der Waals surface area contributed by atoms with Crippen molar-refractivity contribution in [3.8, 4) is 5.69 Å². The maximum absolute atomic E-state index is 7.19. The van der Waals surface area contributed by atoms with Gasteiger partial charge in [-0.2, -0.15) is 0 Å². The van der Waals surface area contributed by atoms with E-state index in [0.29, 0.717) is 11.9 Å². The molecule has 1 aromatic carbocycles. The van der Waals surface area contributed by atoms with Crippen molar-refractivity contribution in [3.05, 3.63) is 64.2 Å². The third-order valence-corrected chi connectivity index (χ3v) is 7.56. The maximum Gasteiger partial charge on any atom is 0.271 e. The fraction of sp³-hybridized carbons (Fsp3) is 0.417. The minimum atomic E-state index is 0.260. The van der Waals surface area contributed by atoms with E-state index in [1.54, 1.807) is 6.07 Å². The summed E-state index contributed by atoms with van der Waals surface area (Å²) >= 11 is 6.37. The van der Waals surface area contributed by atoms with Gasteiger partial charge in [-0.25, -0.2) is 0 Å². The van der Waals surface area contributed by atoms with Gasteiger partial charge in [-0.05, 0) is 42.7 Å². The monoisotopic (exact) mass is 458 g/mol. The molecule has 7 rings (SSSR count). The first-order valence-corrected chi connectivity index (χ1v) is 11.8. The first-order chi connectivity index (χ1) is 16.1. The van der Waals surface area contributed by atoms with Crippen molar-refractivity contribution in [1.29, 1.82) is 0 Å². The smallest absolute Gasteiger partial charge is 0.271 e. The molecule has 9 heteroatoms. The van der Waals surface area contributed by atoms with Crippen LogP contribution in [0.3, 0.4) is 0 Å². The summed E-state index contributed by atoms with van der Waals surface area (Å²) in [7, 11) is 0. The number of benzene rings is 1. The van der Waals surface area contributed by atoms with E-state index < -0.39 is 0 Å². The number of hydrogen-bond acceptors (Lipinski definition) is 6. The van der Waals surface area contributed by atoms with Crippen molar-refractivity contribution < 1.29 is 0 Å². The summed E-state index contributed by atoms with van der Waals surface area (Å²) < 4.78 is 2.25. The lowest BCUT2D eigenvalue weighted by atomic mass is 9.73. The highest BCUT2D eigenvalue weighted by Gasteiger charge is 2.54. The third kappa shape index (κ3) is 3.10.